The molecule has 4 heteroatoms. The number of hydrogen-bond acceptors (Lipinski definition) is 1. The first-order chi connectivity index (χ1) is 5.83. The van der Waals surface area contributed by atoms with Crippen molar-refractivity contribution in [2.45, 2.75) is 18.6 Å². The Morgan fingerprint density at radius 1 is 1.36 bits per heavy atom. The molecule has 0 bridgehead atoms. The van der Waals surface area contributed by atoms with Crippen LogP contribution in [-0.4, -0.2) is 52.5 Å². The van der Waals surface area contributed by atoms with Gasteiger partial charge in [0.1, 0.15) is 0 Å². The molecule has 0 aromatic rings. The summed E-state index contributed by atoms with van der Waals surface area (Å²) in [6, 6.07) is 0. The molecule has 0 amide bonds. The second-order valence-electron chi connectivity index (χ2n) is 4.40. The van der Waals surface area contributed by atoms with E-state index in [1.54, 1.807) is 0 Å². The van der Waals surface area contributed by atoms with Gasteiger partial charge >= 0.3 is 88.0 Å². The van der Waals surface area contributed by atoms with E-state index >= 15 is 0 Å². The Labute approximate surface area is 100 Å². The van der Waals surface area contributed by atoms with Crippen molar-refractivity contribution in [2.75, 3.05) is 27.7 Å². The largest absolute Gasteiger partial charge is 1.00 e. The van der Waals surface area contributed by atoms with Crippen LogP contribution in [0.25, 0.3) is 0 Å². The summed E-state index contributed by atoms with van der Waals surface area (Å²) in [7, 11) is 6.54. The molecule has 0 aromatic heterocycles. The van der Waals surface area contributed by atoms with E-state index in [-0.39, 0.29) is 12.4 Å². The predicted octanol–water partition coefficient (Wildman–Crippen LogP) is -1.96. The fraction of sp³-hybridized carbons (Fsp3) is 0.700. The Kier molecular flexibility index (Phi) is 8.92. The zero-order valence-electron chi connectivity index (χ0n) is 9.56. The van der Waals surface area contributed by atoms with E-state index < -0.39 is 15.8 Å². The molecule has 14 heavy (non-hydrogen) atoms. The fourth-order valence-corrected chi connectivity index (χ4v) is 2.72. The van der Waals surface area contributed by atoms with Crippen LogP contribution in [0.4, 0.5) is 0 Å². The van der Waals surface area contributed by atoms with Gasteiger partial charge in [-0.25, -0.2) is 0 Å². The van der Waals surface area contributed by atoms with Gasteiger partial charge in [-0.2, -0.15) is 0 Å². The Balaban J connectivity index is 0. The molecule has 0 fully saturated rings. The molecule has 0 heterocycles. The second-order valence-corrected chi connectivity index (χ2v) is 7.15. The molecule has 0 aliphatic rings. The molecular weight excluding hydrogens is 260 g/mol. The molecule has 1 unspecified atom stereocenters. The molecule has 84 valence electrons. The van der Waals surface area contributed by atoms with E-state index in [9.17, 15) is 4.79 Å². The molecule has 0 aliphatic carbocycles. The normalized spacial score (nSPS) is 11.4. The van der Waals surface area contributed by atoms with Crippen molar-refractivity contribution in [3.63, 3.8) is 0 Å². The SMILES string of the molecule is C=C(C)C(=O)[AsH]CCC[N+](C)(C)C.[Cl-]. The number of nitrogens with zero attached hydrogens (tertiary/aromatic N) is 1. The Bertz CT molecular complexity index is 199. The molecule has 2 nitrogen and oxygen atoms in total. The van der Waals surface area contributed by atoms with Crippen molar-refractivity contribution in [3.05, 3.63) is 12.2 Å². The van der Waals surface area contributed by atoms with E-state index in [4.69, 9.17) is 0 Å². The number of quaternary nitrogens is 1. The minimum Gasteiger partial charge on any atom is -1.00 e. The van der Waals surface area contributed by atoms with Crippen LogP contribution in [0, 0.1) is 0 Å². The van der Waals surface area contributed by atoms with Crippen molar-refractivity contribution >= 4 is 20.3 Å². The van der Waals surface area contributed by atoms with Crippen LogP contribution in [0.1, 0.15) is 13.3 Å². The third-order valence-corrected chi connectivity index (χ3v) is 4.51. The van der Waals surface area contributed by atoms with Gasteiger partial charge in [0.15, 0.2) is 0 Å². The standard InChI is InChI=1S/C10H21AsNO.ClH/c1-9(2)10(13)11-7-6-8-12(3,4)5;/h11H,1,6-8H2,2-5H3;1H/q+1;/p-1. The average molecular weight is 282 g/mol. The maximum Gasteiger partial charge on any atom is -1.00 e. The summed E-state index contributed by atoms with van der Waals surface area (Å²) in [6.07, 6.45) is 1.17. The molecule has 0 N–H and O–H groups in total. The predicted molar refractivity (Wildman–Crippen MR) is 59.3 cm³/mol. The summed E-state index contributed by atoms with van der Waals surface area (Å²) in [4.78, 5) is 11.2. The summed E-state index contributed by atoms with van der Waals surface area (Å²) < 4.78 is 1.33. The number of halogens is 1. The van der Waals surface area contributed by atoms with E-state index in [0.29, 0.717) is 4.57 Å². The third kappa shape index (κ3) is 10.3. The van der Waals surface area contributed by atoms with Crippen LogP contribution in [0.2, 0.25) is 5.21 Å². The van der Waals surface area contributed by atoms with Crippen LogP contribution >= 0.6 is 0 Å². The summed E-state index contributed by atoms with van der Waals surface area (Å²) in [5.41, 5.74) is 0.741. The number of carbonyl (C=O) groups excluding carboxylic acids is 1. The molecule has 0 aromatic carbocycles. The van der Waals surface area contributed by atoms with Gasteiger partial charge in [-0.15, -0.1) is 0 Å². The van der Waals surface area contributed by atoms with E-state index in [0.717, 1.165) is 21.8 Å². The number of hydrogen-bond donors (Lipinski definition) is 0. The zero-order chi connectivity index (χ0) is 10.5. The summed E-state index contributed by atoms with van der Waals surface area (Å²) >= 11 is -0.410. The molecule has 0 aliphatic heterocycles. The van der Waals surface area contributed by atoms with Gasteiger partial charge in [0.2, 0.25) is 0 Å². The van der Waals surface area contributed by atoms with Crippen molar-refractivity contribution in [3.8, 4) is 0 Å². The number of rotatable bonds is 6. The first-order valence-corrected chi connectivity index (χ1v) is 7.10. The van der Waals surface area contributed by atoms with Gasteiger partial charge in [0.05, 0.1) is 0 Å². The second kappa shape index (κ2) is 7.50. The fourth-order valence-electron chi connectivity index (χ4n) is 0.906. The first-order valence-electron chi connectivity index (χ1n) is 4.57. The van der Waals surface area contributed by atoms with Crippen molar-refractivity contribution in [1.29, 1.82) is 0 Å². The van der Waals surface area contributed by atoms with Crippen LogP contribution in [-0.2, 0) is 4.79 Å². The molecule has 0 rings (SSSR count). The van der Waals surface area contributed by atoms with Crippen LogP contribution in [0.5, 0.6) is 0 Å². The van der Waals surface area contributed by atoms with E-state index in [1.807, 2.05) is 6.92 Å². The number of allylic oxidation sites excluding steroid dienone is 1. The van der Waals surface area contributed by atoms with Gasteiger partial charge in [0, 0.05) is 0 Å². The van der Waals surface area contributed by atoms with Crippen LogP contribution in [0.15, 0.2) is 12.2 Å². The maximum atomic E-state index is 11.2. The molecule has 1 atom stereocenters. The molecular formula is C10H21AsClNO. The zero-order valence-corrected chi connectivity index (χ0v) is 12.4. The quantitative estimate of drug-likeness (QED) is 0.239. The molecule has 0 saturated carbocycles. The van der Waals surface area contributed by atoms with Crippen molar-refractivity contribution in [2.24, 2.45) is 0 Å². The topological polar surface area (TPSA) is 17.1 Å². The summed E-state index contributed by atoms with van der Waals surface area (Å²) in [5, 5.41) is 1.11. The summed E-state index contributed by atoms with van der Waals surface area (Å²) in [5.74, 6) is 0. The van der Waals surface area contributed by atoms with Gasteiger partial charge in [0.25, 0.3) is 0 Å². The van der Waals surface area contributed by atoms with Gasteiger partial charge in [-0.3, -0.25) is 0 Å². The first kappa shape index (κ1) is 16.6. The average Bonchev–Trinajstić information content (AvgIpc) is 1.95. The number of carbonyl (C=O) groups is 1. The molecule has 0 spiro atoms. The Morgan fingerprint density at radius 2 is 1.86 bits per heavy atom. The van der Waals surface area contributed by atoms with Gasteiger partial charge < -0.3 is 12.4 Å². The van der Waals surface area contributed by atoms with Crippen LogP contribution < -0.4 is 12.4 Å². The van der Waals surface area contributed by atoms with Crippen molar-refractivity contribution in [1.82, 2.24) is 0 Å². The van der Waals surface area contributed by atoms with E-state index in [1.165, 1.54) is 6.42 Å². The van der Waals surface area contributed by atoms with Crippen molar-refractivity contribution < 1.29 is 21.7 Å². The van der Waals surface area contributed by atoms with Gasteiger partial charge in [-0.1, -0.05) is 0 Å². The third-order valence-electron chi connectivity index (χ3n) is 1.68. The summed E-state index contributed by atoms with van der Waals surface area (Å²) in [6.45, 7) is 6.63. The minimum absolute atomic E-state index is 0. The molecule has 0 radical (unpaired) electrons. The smallest absolute Gasteiger partial charge is 1.00 e. The van der Waals surface area contributed by atoms with E-state index in [2.05, 4.69) is 27.7 Å². The van der Waals surface area contributed by atoms with Gasteiger partial charge in [-0.05, 0) is 0 Å². The monoisotopic (exact) mass is 281 g/mol. The molecule has 0 saturated heterocycles. The van der Waals surface area contributed by atoms with Crippen LogP contribution in [0.3, 0.4) is 0 Å². The Hall–Kier alpha value is 0.218. The minimum atomic E-state index is -0.410. The Morgan fingerprint density at radius 3 is 2.21 bits per heavy atom. The maximum absolute atomic E-state index is 11.2.